The van der Waals surface area contributed by atoms with E-state index >= 15 is 0 Å². The number of amides is 3. The number of hydrogen-bond donors (Lipinski definition) is 1. The number of hydrogen-bond acceptors (Lipinski definition) is 2. The average Bonchev–Trinajstić information content (AvgIpc) is 3.00. The lowest BCUT2D eigenvalue weighted by atomic mass is 10.1. The molecule has 0 spiro atoms. The van der Waals surface area contributed by atoms with Crippen LogP contribution < -0.4 is 5.32 Å². The first-order chi connectivity index (χ1) is 7.58. The standard InChI is InChI=1S/C11H19N3O2/c1-13(2)11(16)12-6-8-5-10(15)14(7-8)9-3-4-9/h8-9H,3-7H2,1-2H3,(H,12,16). The Morgan fingerprint density at radius 1 is 1.50 bits per heavy atom. The molecular formula is C11H19N3O2. The lowest BCUT2D eigenvalue weighted by Crippen LogP contribution is -2.38. The Bertz CT molecular complexity index is 300. The van der Waals surface area contributed by atoms with E-state index in [1.165, 1.54) is 4.90 Å². The fourth-order valence-electron chi connectivity index (χ4n) is 2.07. The zero-order chi connectivity index (χ0) is 11.7. The molecule has 2 aliphatic rings. The maximum atomic E-state index is 11.6. The molecule has 1 N–H and O–H groups in total. The van der Waals surface area contributed by atoms with E-state index in [4.69, 9.17) is 0 Å². The van der Waals surface area contributed by atoms with Crippen molar-refractivity contribution in [3.8, 4) is 0 Å². The predicted molar refractivity (Wildman–Crippen MR) is 59.9 cm³/mol. The highest BCUT2D eigenvalue weighted by atomic mass is 16.2. The number of nitrogens with one attached hydrogen (secondary N) is 1. The summed E-state index contributed by atoms with van der Waals surface area (Å²) in [5.41, 5.74) is 0. The molecule has 1 aliphatic carbocycles. The second kappa shape index (κ2) is 4.31. The third-order valence-electron chi connectivity index (χ3n) is 3.17. The van der Waals surface area contributed by atoms with Gasteiger partial charge in [0.1, 0.15) is 0 Å². The molecule has 0 aromatic rings. The molecule has 1 aliphatic heterocycles. The van der Waals surface area contributed by atoms with Crippen molar-refractivity contribution in [2.24, 2.45) is 5.92 Å². The summed E-state index contributed by atoms with van der Waals surface area (Å²) in [6, 6.07) is 0.416. The third kappa shape index (κ3) is 2.46. The molecule has 90 valence electrons. The first-order valence-electron chi connectivity index (χ1n) is 5.82. The summed E-state index contributed by atoms with van der Waals surface area (Å²) in [6.07, 6.45) is 2.90. The van der Waals surface area contributed by atoms with Crippen LogP contribution in [0.4, 0.5) is 4.79 Å². The summed E-state index contributed by atoms with van der Waals surface area (Å²) in [6.45, 7) is 1.42. The van der Waals surface area contributed by atoms with Crippen LogP contribution in [0, 0.1) is 5.92 Å². The molecule has 3 amide bonds. The molecular weight excluding hydrogens is 206 g/mol. The van der Waals surface area contributed by atoms with Crippen molar-refractivity contribution in [2.45, 2.75) is 25.3 Å². The zero-order valence-electron chi connectivity index (χ0n) is 9.90. The lowest BCUT2D eigenvalue weighted by molar-refractivity contribution is -0.128. The van der Waals surface area contributed by atoms with Gasteiger partial charge < -0.3 is 15.1 Å². The van der Waals surface area contributed by atoms with Crippen molar-refractivity contribution >= 4 is 11.9 Å². The average molecular weight is 225 g/mol. The number of carbonyl (C=O) groups is 2. The maximum absolute atomic E-state index is 11.6. The Morgan fingerprint density at radius 2 is 2.19 bits per heavy atom. The van der Waals surface area contributed by atoms with E-state index in [1.807, 2.05) is 4.90 Å². The zero-order valence-corrected chi connectivity index (χ0v) is 9.90. The number of likely N-dealkylation sites (tertiary alicyclic amines) is 1. The van der Waals surface area contributed by atoms with Crippen LogP contribution in [0.25, 0.3) is 0 Å². The van der Waals surface area contributed by atoms with Crippen LogP contribution in [0.3, 0.4) is 0 Å². The van der Waals surface area contributed by atoms with Gasteiger partial charge in [0.2, 0.25) is 5.91 Å². The molecule has 1 unspecified atom stereocenters. The van der Waals surface area contributed by atoms with Gasteiger partial charge in [0.25, 0.3) is 0 Å². The first kappa shape index (κ1) is 11.2. The van der Waals surface area contributed by atoms with E-state index < -0.39 is 0 Å². The number of carbonyl (C=O) groups excluding carboxylic acids is 2. The Morgan fingerprint density at radius 3 is 2.75 bits per heavy atom. The van der Waals surface area contributed by atoms with Crippen LogP contribution >= 0.6 is 0 Å². The summed E-state index contributed by atoms with van der Waals surface area (Å²) >= 11 is 0. The molecule has 1 saturated heterocycles. The van der Waals surface area contributed by atoms with Crippen molar-refractivity contribution in [1.29, 1.82) is 0 Å². The molecule has 5 nitrogen and oxygen atoms in total. The van der Waals surface area contributed by atoms with Gasteiger partial charge in [0.15, 0.2) is 0 Å². The predicted octanol–water partition coefficient (Wildman–Crippen LogP) is 0.269. The van der Waals surface area contributed by atoms with Crippen molar-refractivity contribution in [3.05, 3.63) is 0 Å². The van der Waals surface area contributed by atoms with E-state index in [1.54, 1.807) is 14.1 Å². The van der Waals surface area contributed by atoms with Crippen molar-refractivity contribution in [1.82, 2.24) is 15.1 Å². The van der Waals surface area contributed by atoms with Gasteiger partial charge in [-0.05, 0) is 12.8 Å². The van der Waals surface area contributed by atoms with Crippen LogP contribution in [0.15, 0.2) is 0 Å². The highest BCUT2D eigenvalue weighted by Crippen LogP contribution is 2.32. The summed E-state index contributed by atoms with van der Waals surface area (Å²) in [5.74, 6) is 0.545. The van der Waals surface area contributed by atoms with Gasteiger partial charge in [-0.1, -0.05) is 0 Å². The van der Waals surface area contributed by atoms with E-state index in [0.717, 1.165) is 19.4 Å². The van der Waals surface area contributed by atoms with Crippen molar-refractivity contribution in [3.63, 3.8) is 0 Å². The lowest BCUT2D eigenvalue weighted by Gasteiger charge is -2.17. The van der Waals surface area contributed by atoms with Crippen LogP contribution in [-0.4, -0.2) is 55.0 Å². The fourth-order valence-corrected chi connectivity index (χ4v) is 2.07. The van der Waals surface area contributed by atoms with Gasteiger partial charge >= 0.3 is 6.03 Å². The maximum Gasteiger partial charge on any atom is 0.316 e. The molecule has 1 saturated carbocycles. The van der Waals surface area contributed by atoms with Gasteiger partial charge in [-0.25, -0.2) is 4.79 Å². The molecule has 5 heteroatoms. The quantitative estimate of drug-likeness (QED) is 0.749. The van der Waals surface area contributed by atoms with Crippen molar-refractivity contribution < 1.29 is 9.59 Å². The fraction of sp³-hybridized carbons (Fsp3) is 0.818. The van der Waals surface area contributed by atoms with Crippen LogP contribution in [0.5, 0.6) is 0 Å². The molecule has 2 fully saturated rings. The smallest absolute Gasteiger partial charge is 0.316 e. The van der Waals surface area contributed by atoms with E-state index in [-0.39, 0.29) is 17.9 Å². The first-order valence-corrected chi connectivity index (χ1v) is 5.82. The Labute approximate surface area is 95.8 Å². The summed E-state index contributed by atoms with van der Waals surface area (Å²) < 4.78 is 0. The minimum absolute atomic E-state index is 0.0858. The van der Waals surface area contributed by atoms with Gasteiger partial charge in [-0.15, -0.1) is 0 Å². The van der Waals surface area contributed by atoms with Crippen LogP contribution in [0.2, 0.25) is 0 Å². The summed E-state index contributed by atoms with van der Waals surface area (Å²) in [4.78, 5) is 26.5. The molecule has 0 aromatic heterocycles. The van der Waals surface area contributed by atoms with E-state index in [0.29, 0.717) is 19.0 Å². The van der Waals surface area contributed by atoms with E-state index in [9.17, 15) is 9.59 Å². The largest absolute Gasteiger partial charge is 0.339 e. The van der Waals surface area contributed by atoms with Crippen molar-refractivity contribution in [2.75, 3.05) is 27.2 Å². The molecule has 2 rings (SSSR count). The highest BCUT2D eigenvalue weighted by Gasteiger charge is 2.39. The Balaban J connectivity index is 1.75. The summed E-state index contributed by atoms with van der Waals surface area (Å²) in [5, 5.41) is 2.83. The molecule has 0 radical (unpaired) electrons. The minimum atomic E-state index is -0.0858. The third-order valence-corrected chi connectivity index (χ3v) is 3.17. The topological polar surface area (TPSA) is 52.7 Å². The second-order valence-corrected chi connectivity index (χ2v) is 4.93. The molecule has 16 heavy (non-hydrogen) atoms. The Kier molecular flexibility index (Phi) is 3.03. The van der Waals surface area contributed by atoms with Gasteiger partial charge in [-0.3, -0.25) is 4.79 Å². The second-order valence-electron chi connectivity index (χ2n) is 4.93. The monoisotopic (exact) mass is 225 g/mol. The van der Waals surface area contributed by atoms with Crippen LogP contribution in [-0.2, 0) is 4.79 Å². The number of rotatable bonds is 3. The van der Waals surface area contributed by atoms with Gasteiger partial charge in [-0.2, -0.15) is 0 Å². The SMILES string of the molecule is CN(C)C(=O)NCC1CC(=O)N(C2CC2)C1. The van der Waals surface area contributed by atoms with E-state index in [2.05, 4.69) is 5.32 Å². The highest BCUT2D eigenvalue weighted by molar-refractivity contribution is 5.79. The minimum Gasteiger partial charge on any atom is -0.339 e. The molecule has 0 bridgehead atoms. The molecule has 0 aromatic carbocycles. The molecule has 1 heterocycles. The number of urea groups is 1. The Hall–Kier alpha value is -1.26. The van der Waals surface area contributed by atoms with Gasteiger partial charge in [0.05, 0.1) is 0 Å². The van der Waals surface area contributed by atoms with Crippen LogP contribution in [0.1, 0.15) is 19.3 Å². The summed E-state index contributed by atoms with van der Waals surface area (Å²) in [7, 11) is 3.43. The van der Waals surface area contributed by atoms with Gasteiger partial charge in [0, 0.05) is 45.6 Å². The number of nitrogens with zero attached hydrogens (tertiary/aromatic N) is 2. The normalized spacial score (nSPS) is 24.8. The molecule has 1 atom stereocenters.